The van der Waals surface area contributed by atoms with Gasteiger partial charge in [-0.2, -0.15) is 0 Å². The fourth-order valence-electron chi connectivity index (χ4n) is 1.38. The molecule has 0 aliphatic rings. The molecule has 0 fully saturated rings. The molecule has 0 aliphatic heterocycles. The number of aromatic nitrogens is 2. The van der Waals surface area contributed by atoms with E-state index in [9.17, 15) is 9.90 Å². The predicted octanol–water partition coefficient (Wildman–Crippen LogP) is 1.74. The van der Waals surface area contributed by atoms with E-state index in [4.69, 9.17) is 0 Å². The molecule has 2 N–H and O–H groups in total. The smallest absolute Gasteiger partial charge is 0.260 e. The molecule has 1 amide bonds. The molecule has 5 heteroatoms. The molecule has 5 nitrogen and oxygen atoms in total. The predicted molar refractivity (Wildman–Crippen MR) is 62.8 cm³/mol. The number of carbonyl (C=O) groups is 1. The number of phenolic OH excluding ortho intramolecular Hbond substituents is 1. The summed E-state index contributed by atoms with van der Waals surface area (Å²) in [5.74, 6) is -0.119. The molecule has 86 valence electrons. The minimum absolute atomic E-state index is 0.0496. The number of anilines is 1. The third kappa shape index (κ3) is 2.57. The van der Waals surface area contributed by atoms with Crippen LogP contribution in [0.2, 0.25) is 0 Å². The van der Waals surface area contributed by atoms with Gasteiger partial charge in [-0.25, -0.2) is 4.98 Å². The highest BCUT2D eigenvalue weighted by Crippen LogP contribution is 2.19. The molecule has 0 saturated heterocycles. The van der Waals surface area contributed by atoms with E-state index in [1.165, 1.54) is 24.7 Å². The van der Waals surface area contributed by atoms with E-state index in [2.05, 4.69) is 15.3 Å². The van der Waals surface area contributed by atoms with Crippen molar-refractivity contribution in [2.45, 2.75) is 6.92 Å². The van der Waals surface area contributed by atoms with Crippen LogP contribution in [0.4, 0.5) is 5.82 Å². The van der Waals surface area contributed by atoms with E-state index < -0.39 is 5.91 Å². The van der Waals surface area contributed by atoms with Crippen molar-refractivity contribution < 1.29 is 9.90 Å². The molecule has 0 aliphatic carbocycles. The minimum Gasteiger partial charge on any atom is -0.507 e. The van der Waals surface area contributed by atoms with Gasteiger partial charge in [0.2, 0.25) is 0 Å². The second-order valence-corrected chi connectivity index (χ2v) is 3.57. The molecule has 0 bridgehead atoms. The second kappa shape index (κ2) is 4.61. The van der Waals surface area contributed by atoms with Crippen molar-refractivity contribution in [3.05, 3.63) is 47.9 Å². The summed E-state index contributed by atoms with van der Waals surface area (Å²) in [6.45, 7) is 1.84. The fourth-order valence-corrected chi connectivity index (χ4v) is 1.38. The van der Waals surface area contributed by atoms with Crippen LogP contribution in [0.3, 0.4) is 0 Å². The summed E-state index contributed by atoms with van der Waals surface area (Å²) >= 11 is 0. The number of hydrogen-bond acceptors (Lipinski definition) is 4. The maximum absolute atomic E-state index is 11.8. The van der Waals surface area contributed by atoms with Crippen molar-refractivity contribution in [3.8, 4) is 5.75 Å². The maximum atomic E-state index is 11.8. The number of nitrogens with one attached hydrogen (secondary N) is 1. The number of carbonyl (C=O) groups excluding carboxylic acids is 1. The number of amides is 1. The van der Waals surface area contributed by atoms with Crippen LogP contribution in [0.25, 0.3) is 0 Å². The summed E-state index contributed by atoms with van der Waals surface area (Å²) in [5.41, 5.74) is 1.10. The zero-order valence-corrected chi connectivity index (χ0v) is 9.21. The van der Waals surface area contributed by atoms with Crippen molar-refractivity contribution in [1.29, 1.82) is 0 Å². The van der Waals surface area contributed by atoms with Crippen LogP contribution >= 0.6 is 0 Å². The number of aryl methyl sites for hydroxylation is 1. The van der Waals surface area contributed by atoms with E-state index >= 15 is 0 Å². The first-order valence-corrected chi connectivity index (χ1v) is 5.04. The third-order valence-corrected chi connectivity index (χ3v) is 2.20. The van der Waals surface area contributed by atoms with Crippen molar-refractivity contribution in [3.63, 3.8) is 0 Å². The highest BCUT2D eigenvalue weighted by molar-refractivity contribution is 6.05. The lowest BCUT2D eigenvalue weighted by Gasteiger charge is -2.06. The summed E-state index contributed by atoms with van der Waals surface area (Å²) < 4.78 is 0. The van der Waals surface area contributed by atoms with Gasteiger partial charge in [-0.05, 0) is 24.6 Å². The first-order chi connectivity index (χ1) is 8.16. The van der Waals surface area contributed by atoms with Crippen LogP contribution in [0.15, 0.2) is 36.8 Å². The molecule has 2 aromatic rings. The number of rotatable bonds is 2. The Balaban J connectivity index is 2.21. The van der Waals surface area contributed by atoms with Gasteiger partial charge in [0.1, 0.15) is 5.75 Å². The Morgan fingerprint density at radius 3 is 2.82 bits per heavy atom. The van der Waals surface area contributed by atoms with E-state index in [1.54, 1.807) is 12.1 Å². The lowest BCUT2D eigenvalue weighted by Crippen LogP contribution is -2.13. The van der Waals surface area contributed by atoms with Crippen LogP contribution in [0.1, 0.15) is 15.9 Å². The Labute approximate surface area is 98.2 Å². The van der Waals surface area contributed by atoms with Crippen LogP contribution in [0, 0.1) is 6.92 Å². The van der Waals surface area contributed by atoms with Crippen LogP contribution in [-0.2, 0) is 0 Å². The molecule has 1 heterocycles. The fraction of sp³-hybridized carbons (Fsp3) is 0.0833. The molecule has 0 unspecified atom stereocenters. The molecule has 17 heavy (non-hydrogen) atoms. The van der Waals surface area contributed by atoms with Gasteiger partial charge in [-0.15, -0.1) is 0 Å². The maximum Gasteiger partial charge on any atom is 0.260 e. The quantitative estimate of drug-likeness (QED) is 0.822. The summed E-state index contributed by atoms with van der Waals surface area (Å²) in [4.78, 5) is 19.6. The van der Waals surface area contributed by atoms with E-state index in [1.807, 2.05) is 6.92 Å². The van der Waals surface area contributed by atoms with Crippen molar-refractivity contribution in [2.75, 3.05) is 5.32 Å². The lowest BCUT2D eigenvalue weighted by molar-refractivity contribution is 0.102. The van der Waals surface area contributed by atoms with Crippen LogP contribution in [0.5, 0.6) is 5.75 Å². The van der Waals surface area contributed by atoms with E-state index in [0.717, 1.165) is 5.56 Å². The third-order valence-electron chi connectivity index (χ3n) is 2.20. The van der Waals surface area contributed by atoms with Gasteiger partial charge in [0, 0.05) is 12.4 Å². The number of nitrogens with zero attached hydrogens (tertiary/aromatic N) is 2. The average molecular weight is 229 g/mol. The molecule has 2 rings (SSSR count). The Kier molecular flexibility index (Phi) is 3.00. The second-order valence-electron chi connectivity index (χ2n) is 3.57. The normalized spacial score (nSPS) is 9.94. The van der Waals surface area contributed by atoms with Gasteiger partial charge in [0.25, 0.3) is 5.91 Å². The zero-order valence-electron chi connectivity index (χ0n) is 9.21. The lowest BCUT2D eigenvalue weighted by atomic mass is 10.1. The van der Waals surface area contributed by atoms with Crippen LogP contribution in [-0.4, -0.2) is 21.0 Å². The highest BCUT2D eigenvalue weighted by atomic mass is 16.3. The Morgan fingerprint density at radius 2 is 2.18 bits per heavy atom. The molecule has 0 spiro atoms. The van der Waals surface area contributed by atoms with Gasteiger partial charge in [0.15, 0.2) is 5.82 Å². The van der Waals surface area contributed by atoms with Gasteiger partial charge in [-0.3, -0.25) is 9.78 Å². The summed E-state index contributed by atoms with van der Waals surface area (Å²) in [5, 5.41) is 12.2. The Morgan fingerprint density at radius 1 is 1.35 bits per heavy atom. The van der Waals surface area contributed by atoms with Crippen LogP contribution < -0.4 is 5.32 Å². The summed E-state index contributed by atoms with van der Waals surface area (Å²) in [6.07, 6.45) is 4.42. The Bertz CT molecular complexity index is 541. The molecule has 1 aromatic heterocycles. The minimum atomic E-state index is -0.414. The van der Waals surface area contributed by atoms with Crippen molar-refractivity contribution in [1.82, 2.24) is 9.97 Å². The van der Waals surface area contributed by atoms with Crippen molar-refractivity contribution in [2.24, 2.45) is 0 Å². The van der Waals surface area contributed by atoms with Gasteiger partial charge < -0.3 is 10.4 Å². The molecule has 0 radical (unpaired) electrons. The molecule has 1 aromatic carbocycles. The SMILES string of the molecule is Cc1ccc(C(=O)Nc2cnccn2)c(O)c1. The number of benzene rings is 1. The molecular formula is C12H11N3O2. The largest absolute Gasteiger partial charge is 0.507 e. The van der Waals surface area contributed by atoms with Gasteiger partial charge in [-0.1, -0.05) is 6.07 Å². The number of phenols is 1. The van der Waals surface area contributed by atoms with E-state index in [-0.39, 0.29) is 11.3 Å². The molecule has 0 saturated carbocycles. The zero-order chi connectivity index (χ0) is 12.3. The molecular weight excluding hydrogens is 218 g/mol. The standard InChI is InChI=1S/C12H11N3O2/c1-8-2-3-9(10(16)6-8)12(17)15-11-7-13-4-5-14-11/h2-7,16H,1H3,(H,14,15,17). The average Bonchev–Trinajstić information content (AvgIpc) is 2.30. The van der Waals surface area contributed by atoms with Gasteiger partial charge in [0.05, 0.1) is 11.8 Å². The van der Waals surface area contributed by atoms with E-state index in [0.29, 0.717) is 5.82 Å². The number of hydrogen-bond donors (Lipinski definition) is 2. The summed E-state index contributed by atoms with van der Waals surface area (Å²) in [7, 11) is 0. The Hall–Kier alpha value is -2.43. The first kappa shape index (κ1) is 11.1. The first-order valence-electron chi connectivity index (χ1n) is 5.04. The van der Waals surface area contributed by atoms with Crippen molar-refractivity contribution >= 4 is 11.7 Å². The molecule has 0 atom stereocenters. The summed E-state index contributed by atoms with van der Waals surface area (Å²) in [6, 6.07) is 4.85. The topological polar surface area (TPSA) is 75.1 Å². The highest BCUT2D eigenvalue weighted by Gasteiger charge is 2.11. The number of aromatic hydroxyl groups is 1. The monoisotopic (exact) mass is 229 g/mol. The van der Waals surface area contributed by atoms with Gasteiger partial charge >= 0.3 is 0 Å².